The van der Waals surface area contributed by atoms with E-state index in [1.54, 1.807) is 6.92 Å². The third kappa shape index (κ3) is 4.95. The third-order valence-electron chi connectivity index (χ3n) is 1.69. The van der Waals surface area contributed by atoms with Crippen LogP contribution in [0.5, 0.6) is 0 Å². The monoisotopic (exact) mass is 214 g/mol. The molecule has 15 heavy (non-hydrogen) atoms. The van der Waals surface area contributed by atoms with E-state index in [2.05, 4.69) is 0 Å². The normalized spacial score (nSPS) is 11.7. The van der Waals surface area contributed by atoms with Crippen LogP contribution in [-0.4, -0.2) is 22.8 Å². The van der Waals surface area contributed by atoms with Crippen molar-refractivity contribution in [1.29, 1.82) is 0 Å². The highest BCUT2D eigenvalue weighted by Crippen LogP contribution is 2.11. The van der Waals surface area contributed by atoms with Crippen LogP contribution in [0.3, 0.4) is 0 Å². The van der Waals surface area contributed by atoms with Crippen LogP contribution in [-0.2, 0) is 19.1 Å². The molecule has 0 rings (SSSR count). The van der Waals surface area contributed by atoms with Gasteiger partial charge in [0.05, 0.1) is 5.57 Å². The van der Waals surface area contributed by atoms with Gasteiger partial charge >= 0.3 is 11.9 Å². The predicted molar refractivity (Wildman–Crippen MR) is 52.0 cm³/mol. The van der Waals surface area contributed by atoms with E-state index >= 15 is 0 Å². The second kappa shape index (κ2) is 5.95. The van der Waals surface area contributed by atoms with E-state index in [-0.39, 0.29) is 23.5 Å². The summed E-state index contributed by atoms with van der Waals surface area (Å²) in [6.07, 6.45) is -0.0435. The number of allylic oxidation sites excluding steroid dienone is 1. The molecule has 0 aromatic carbocycles. The molecule has 0 saturated heterocycles. The van der Waals surface area contributed by atoms with Crippen molar-refractivity contribution in [3.05, 3.63) is 11.3 Å². The minimum atomic E-state index is -1.14. The molecule has 0 atom stereocenters. The van der Waals surface area contributed by atoms with E-state index in [4.69, 9.17) is 9.84 Å². The van der Waals surface area contributed by atoms with E-state index < -0.39 is 11.9 Å². The summed E-state index contributed by atoms with van der Waals surface area (Å²) in [5.74, 6) is -2.08. The molecule has 0 amide bonds. The molecule has 1 N–H and O–H groups in total. The van der Waals surface area contributed by atoms with Gasteiger partial charge in [-0.25, -0.2) is 4.79 Å². The fourth-order valence-electron chi connectivity index (χ4n) is 0.910. The molecular weight excluding hydrogens is 200 g/mol. The summed E-state index contributed by atoms with van der Waals surface area (Å²) in [5, 5.41) is 8.66. The largest absolute Gasteiger partial charge is 0.478 e. The van der Waals surface area contributed by atoms with Gasteiger partial charge < -0.3 is 9.84 Å². The summed E-state index contributed by atoms with van der Waals surface area (Å²) in [6, 6.07) is 0. The molecule has 0 aromatic rings. The Labute approximate surface area is 87.7 Å². The van der Waals surface area contributed by atoms with E-state index in [0.29, 0.717) is 6.42 Å². The summed E-state index contributed by atoms with van der Waals surface area (Å²) < 4.78 is 4.77. The quantitative estimate of drug-likeness (QED) is 0.322. The zero-order valence-corrected chi connectivity index (χ0v) is 8.99. The van der Waals surface area contributed by atoms with Crippen LogP contribution in [0.1, 0.15) is 33.6 Å². The van der Waals surface area contributed by atoms with Crippen LogP contribution >= 0.6 is 0 Å². The van der Waals surface area contributed by atoms with Crippen LogP contribution < -0.4 is 0 Å². The molecule has 0 aliphatic carbocycles. The molecule has 0 fully saturated rings. The SMILES string of the molecule is CC/C(OC(=O)CC(C)=O)=C(/C)C(=O)O. The molecule has 5 nitrogen and oxygen atoms in total. The Hall–Kier alpha value is -1.65. The number of carboxylic acids is 1. The average molecular weight is 214 g/mol. The Bertz CT molecular complexity index is 314. The first kappa shape index (κ1) is 13.4. The first-order valence-corrected chi connectivity index (χ1v) is 4.51. The van der Waals surface area contributed by atoms with Crippen molar-refractivity contribution < 1.29 is 24.2 Å². The van der Waals surface area contributed by atoms with Crippen molar-refractivity contribution in [2.45, 2.75) is 33.6 Å². The number of aliphatic carboxylic acids is 1. The maximum absolute atomic E-state index is 11.1. The molecular formula is C10H14O5. The molecule has 0 unspecified atom stereocenters. The van der Waals surface area contributed by atoms with Crippen molar-refractivity contribution in [1.82, 2.24) is 0 Å². The van der Waals surface area contributed by atoms with Gasteiger partial charge in [0, 0.05) is 6.42 Å². The minimum Gasteiger partial charge on any atom is -0.478 e. The Morgan fingerprint density at radius 3 is 2.07 bits per heavy atom. The Balaban J connectivity index is 4.60. The first-order valence-electron chi connectivity index (χ1n) is 4.51. The molecule has 0 aliphatic rings. The van der Waals surface area contributed by atoms with Gasteiger partial charge in [0.2, 0.25) is 0 Å². The fourth-order valence-corrected chi connectivity index (χ4v) is 0.910. The van der Waals surface area contributed by atoms with Crippen molar-refractivity contribution in [3.8, 4) is 0 Å². The smallest absolute Gasteiger partial charge is 0.334 e. The molecule has 0 aliphatic heterocycles. The molecule has 0 bridgehead atoms. The maximum Gasteiger partial charge on any atom is 0.334 e. The zero-order valence-electron chi connectivity index (χ0n) is 8.99. The second-order valence-corrected chi connectivity index (χ2v) is 3.06. The van der Waals surface area contributed by atoms with E-state index in [9.17, 15) is 14.4 Å². The Morgan fingerprint density at radius 2 is 1.73 bits per heavy atom. The number of ketones is 1. The van der Waals surface area contributed by atoms with Crippen molar-refractivity contribution >= 4 is 17.7 Å². The van der Waals surface area contributed by atoms with Gasteiger partial charge in [-0.2, -0.15) is 0 Å². The average Bonchev–Trinajstić information content (AvgIpc) is 2.11. The summed E-state index contributed by atoms with van der Waals surface area (Å²) in [5.41, 5.74) is -0.0191. The topological polar surface area (TPSA) is 80.7 Å². The van der Waals surface area contributed by atoms with E-state index in [1.165, 1.54) is 13.8 Å². The molecule has 0 radical (unpaired) electrons. The molecule has 5 heteroatoms. The molecule has 84 valence electrons. The number of hydrogen-bond acceptors (Lipinski definition) is 4. The molecule has 0 aromatic heterocycles. The summed E-state index contributed by atoms with van der Waals surface area (Å²) in [7, 11) is 0. The number of esters is 1. The lowest BCUT2D eigenvalue weighted by Crippen LogP contribution is -2.11. The lowest BCUT2D eigenvalue weighted by Gasteiger charge is -2.07. The van der Waals surface area contributed by atoms with Crippen molar-refractivity contribution in [3.63, 3.8) is 0 Å². The van der Waals surface area contributed by atoms with Crippen LogP contribution in [0.4, 0.5) is 0 Å². The summed E-state index contributed by atoms with van der Waals surface area (Å²) in [6.45, 7) is 4.28. The third-order valence-corrected chi connectivity index (χ3v) is 1.69. The van der Waals surface area contributed by atoms with Gasteiger partial charge in [-0.15, -0.1) is 0 Å². The van der Waals surface area contributed by atoms with E-state index in [0.717, 1.165) is 0 Å². The van der Waals surface area contributed by atoms with Gasteiger partial charge in [0.1, 0.15) is 18.0 Å². The van der Waals surface area contributed by atoms with Gasteiger partial charge in [0.15, 0.2) is 0 Å². The Morgan fingerprint density at radius 1 is 1.20 bits per heavy atom. The minimum absolute atomic E-state index is 0.0191. The first-order chi connectivity index (χ1) is 6.88. The highest BCUT2D eigenvalue weighted by Gasteiger charge is 2.14. The second-order valence-electron chi connectivity index (χ2n) is 3.06. The molecule has 0 saturated carbocycles. The number of carbonyl (C=O) groups excluding carboxylic acids is 2. The van der Waals surface area contributed by atoms with Crippen LogP contribution in [0.25, 0.3) is 0 Å². The van der Waals surface area contributed by atoms with Gasteiger partial charge in [0.25, 0.3) is 0 Å². The standard InChI is InChI=1S/C10H14O5/c1-4-8(7(3)10(13)14)15-9(12)5-6(2)11/h4-5H2,1-3H3,(H,13,14)/b8-7+. The molecule has 0 heterocycles. The Kier molecular flexibility index (Phi) is 5.30. The number of Topliss-reactive ketones (excluding diaryl/α,β-unsaturated/α-hetero) is 1. The number of ether oxygens (including phenoxy) is 1. The maximum atomic E-state index is 11.1. The highest BCUT2D eigenvalue weighted by atomic mass is 16.5. The predicted octanol–water partition coefficient (Wildman–Crippen LogP) is 1.28. The van der Waals surface area contributed by atoms with Crippen molar-refractivity contribution in [2.24, 2.45) is 0 Å². The lowest BCUT2D eigenvalue weighted by molar-refractivity contribution is -0.142. The fraction of sp³-hybridized carbons (Fsp3) is 0.500. The number of carboxylic acid groups (broad SMARTS) is 1. The number of rotatable bonds is 5. The zero-order chi connectivity index (χ0) is 12.0. The van der Waals surface area contributed by atoms with Gasteiger partial charge in [-0.3, -0.25) is 9.59 Å². The molecule has 0 spiro atoms. The lowest BCUT2D eigenvalue weighted by atomic mass is 10.2. The van der Waals surface area contributed by atoms with Crippen molar-refractivity contribution in [2.75, 3.05) is 0 Å². The summed E-state index contributed by atoms with van der Waals surface area (Å²) in [4.78, 5) is 32.3. The van der Waals surface area contributed by atoms with Crippen LogP contribution in [0, 0.1) is 0 Å². The van der Waals surface area contributed by atoms with Gasteiger partial charge in [-0.1, -0.05) is 6.92 Å². The van der Waals surface area contributed by atoms with Gasteiger partial charge in [-0.05, 0) is 13.8 Å². The highest BCUT2D eigenvalue weighted by molar-refractivity contribution is 5.95. The number of hydrogen-bond donors (Lipinski definition) is 1. The summed E-state index contributed by atoms with van der Waals surface area (Å²) >= 11 is 0. The van der Waals surface area contributed by atoms with Crippen LogP contribution in [0.15, 0.2) is 11.3 Å². The van der Waals surface area contributed by atoms with Crippen LogP contribution in [0.2, 0.25) is 0 Å². The van der Waals surface area contributed by atoms with E-state index in [1.807, 2.05) is 0 Å². The number of carbonyl (C=O) groups is 3.